The Labute approximate surface area is 98.8 Å². The van der Waals surface area contributed by atoms with Crippen molar-refractivity contribution < 1.29 is 9.53 Å². The van der Waals surface area contributed by atoms with Crippen LogP contribution in [0.15, 0.2) is 48.5 Å². The summed E-state index contributed by atoms with van der Waals surface area (Å²) in [6, 6.07) is 16.3. The molecule has 2 aromatic rings. The van der Waals surface area contributed by atoms with Crippen LogP contribution in [0.1, 0.15) is 17.5 Å². The fraction of sp³-hybridized carbons (Fsp3) is 0.133. The van der Waals surface area contributed by atoms with Crippen LogP contribution in [0.4, 0.5) is 0 Å². The van der Waals surface area contributed by atoms with E-state index in [4.69, 9.17) is 4.74 Å². The van der Waals surface area contributed by atoms with E-state index in [0.29, 0.717) is 6.42 Å². The number of fused-ring (bicyclic) bond motifs is 5. The van der Waals surface area contributed by atoms with Gasteiger partial charge >= 0.3 is 5.97 Å². The molecule has 1 aliphatic heterocycles. The molecule has 17 heavy (non-hydrogen) atoms. The quantitative estimate of drug-likeness (QED) is 0.641. The SMILES string of the molecule is O=C1CC2(O1)c1ccccc1-c1ccccc12. The molecule has 82 valence electrons. The van der Waals surface area contributed by atoms with Gasteiger partial charge in [0.05, 0.1) is 6.42 Å². The van der Waals surface area contributed by atoms with Crippen molar-refractivity contribution in [2.75, 3.05) is 0 Å². The van der Waals surface area contributed by atoms with Crippen molar-refractivity contribution in [3.05, 3.63) is 59.7 Å². The standard InChI is InChI=1S/C15H10O2/c16-14-9-15(17-14)12-7-3-1-5-10(12)11-6-2-4-8-13(11)15/h1-8H,9H2. The Balaban J connectivity index is 2.07. The summed E-state index contributed by atoms with van der Waals surface area (Å²) in [6.07, 6.45) is 0.459. The lowest BCUT2D eigenvalue weighted by molar-refractivity contribution is -0.184. The third-order valence-electron chi connectivity index (χ3n) is 3.70. The zero-order valence-electron chi connectivity index (χ0n) is 9.14. The summed E-state index contributed by atoms with van der Waals surface area (Å²) in [7, 11) is 0. The van der Waals surface area contributed by atoms with E-state index in [-0.39, 0.29) is 5.97 Å². The summed E-state index contributed by atoms with van der Waals surface area (Å²) in [6.45, 7) is 0. The number of esters is 1. The van der Waals surface area contributed by atoms with Crippen molar-refractivity contribution in [2.24, 2.45) is 0 Å². The minimum absolute atomic E-state index is 0.114. The van der Waals surface area contributed by atoms with Gasteiger partial charge in [0.15, 0.2) is 5.60 Å². The summed E-state index contributed by atoms with van der Waals surface area (Å²) in [4.78, 5) is 11.3. The first-order valence-electron chi connectivity index (χ1n) is 5.72. The highest BCUT2D eigenvalue weighted by molar-refractivity contribution is 5.89. The van der Waals surface area contributed by atoms with Crippen LogP contribution in [0.2, 0.25) is 0 Å². The first-order valence-corrected chi connectivity index (χ1v) is 5.72. The van der Waals surface area contributed by atoms with Crippen LogP contribution >= 0.6 is 0 Å². The molecule has 2 aliphatic rings. The van der Waals surface area contributed by atoms with Gasteiger partial charge in [0.25, 0.3) is 0 Å². The second-order valence-corrected chi connectivity index (χ2v) is 4.57. The van der Waals surface area contributed by atoms with E-state index in [1.807, 2.05) is 24.3 Å². The normalized spacial score (nSPS) is 18.2. The molecule has 1 aliphatic carbocycles. The number of ether oxygens (including phenoxy) is 1. The molecular formula is C15H10O2. The number of hydrogen-bond donors (Lipinski definition) is 0. The summed E-state index contributed by atoms with van der Waals surface area (Å²) in [5.41, 5.74) is 4.14. The van der Waals surface area contributed by atoms with Crippen molar-refractivity contribution >= 4 is 5.97 Å². The van der Waals surface area contributed by atoms with E-state index >= 15 is 0 Å². The second-order valence-electron chi connectivity index (χ2n) is 4.57. The minimum atomic E-state index is -0.496. The molecule has 2 aromatic carbocycles. The molecule has 0 amide bonds. The Bertz CT molecular complexity index is 587. The van der Waals surface area contributed by atoms with Crippen molar-refractivity contribution in [3.63, 3.8) is 0 Å². The Kier molecular flexibility index (Phi) is 1.47. The van der Waals surface area contributed by atoms with Gasteiger partial charge in [-0.15, -0.1) is 0 Å². The predicted molar refractivity (Wildman–Crippen MR) is 63.4 cm³/mol. The Morgan fingerprint density at radius 1 is 0.882 bits per heavy atom. The maximum absolute atomic E-state index is 11.3. The molecule has 1 saturated heterocycles. The zero-order chi connectivity index (χ0) is 11.5. The highest BCUT2D eigenvalue weighted by Crippen LogP contribution is 2.55. The lowest BCUT2D eigenvalue weighted by Crippen LogP contribution is -2.44. The molecule has 4 rings (SSSR count). The Hall–Kier alpha value is -2.09. The molecule has 1 heterocycles. The van der Waals surface area contributed by atoms with Gasteiger partial charge in [0.2, 0.25) is 0 Å². The predicted octanol–water partition coefficient (Wildman–Crippen LogP) is 2.86. The molecule has 1 fully saturated rings. The number of benzene rings is 2. The van der Waals surface area contributed by atoms with Crippen LogP contribution in [-0.2, 0) is 15.1 Å². The van der Waals surface area contributed by atoms with E-state index < -0.39 is 5.60 Å². The van der Waals surface area contributed by atoms with Gasteiger partial charge < -0.3 is 4.74 Å². The Morgan fingerprint density at radius 3 is 1.82 bits per heavy atom. The van der Waals surface area contributed by atoms with Crippen LogP contribution < -0.4 is 0 Å². The van der Waals surface area contributed by atoms with Gasteiger partial charge in [-0.2, -0.15) is 0 Å². The zero-order valence-corrected chi connectivity index (χ0v) is 9.14. The van der Waals surface area contributed by atoms with Crippen LogP contribution in [0.3, 0.4) is 0 Å². The maximum atomic E-state index is 11.3. The smallest absolute Gasteiger partial charge is 0.311 e. The third kappa shape index (κ3) is 0.936. The molecule has 1 spiro atoms. The van der Waals surface area contributed by atoms with E-state index in [2.05, 4.69) is 24.3 Å². The minimum Gasteiger partial charge on any atom is -0.448 e. The molecule has 2 nitrogen and oxygen atoms in total. The maximum Gasteiger partial charge on any atom is 0.311 e. The fourth-order valence-electron chi connectivity index (χ4n) is 2.98. The summed E-state index contributed by atoms with van der Waals surface area (Å²) in [5.74, 6) is -0.114. The molecule has 0 atom stereocenters. The molecule has 0 aromatic heterocycles. The molecular weight excluding hydrogens is 212 g/mol. The van der Waals surface area contributed by atoms with Crippen LogP contribution in [0.25, 0.3) is 11.1 Å². The molecule has 0 radical (unpaired) electrons. The van der Waals surface area contributed by atoms with Crippen molar-refractivity contribution in [1.29, 1.82) is 0 Å². The fourth-order valence-corrected chi connectivity index (χ4v) is 2.98. The topological polar surface area (TPSA) is 26.3 Å². The van der Waals surface area contributed by atoms with Gasteiger partial charge in [0, 0.05) is 11.1 Å². The van der Waals surface area contributed by atoms with Crippen molar-refractivity contribution in [1.82, 2.24) is 0 Å². The number of rotatable bonds is 0. The molecule has 0 unspecified atom stereocenters. The summed E-state index contributed by atoms with van der Waals surface area (Å²) < 4.78 is 5.50. The summed E-state index contributed by atoms with van der Waals surface area (Å²) >= 11 is 0. The van der Waals surface area contributed by atoms with E-state index in [0.717, 1.165) is 11.1 Å². The first-order chi connectivity index (χ1) is 8.31. The van der Waals surface area contributed by atoms with E-state index in [9.17, 15) is 4.79 Å². The number of carbonyl (C=O) groups is 1. The van der Waals surface area contributed by atoms with Gasteiger partial charge in [-0.3, -0.25) is 4.79 Å². The first kappa shape index (κ1) is 8.99. The number of carbonyl (C=O) groups excluding carboxylic acids is 1. The van der Waals surface area contributed by atoms with Crippen molar-refractivity contribution in [2.45, 2.75) is 12.0 Å². The number of hydrogen-bond acceptors (Lipinski definition) is 2. The van der Waals surface area contributed by atoms with Gasteiger partial charge in [-0.05, 0) is 11.1 Å². The van der Waals surface area contributed by atoms with Gasteiger partial charge in [-0.1, -0.05) is 48.5 Å². The second kappa shape index (κ2) is 2.77. The Morgan fingerprint density at radius 2 is 1.35 bits per heavy atom. The lowest BCUT2D eigenvalue weighted by atomic mass is 9.84. The summed E-state index contributed by atoms with van der Waals surface area (Å²) in [5, 5.41) is 0. The average Bonchev–Trinajstić information content (AvgIpc) is 2.62. The largest absolute Gasteiger partial charge is 0.448 e. The van der Waals surface area contributed by atoms with Gasteiger partial charge in [-0.25, -0.2) is 0 Å². The van der Waals surface area contributed by atoms with E-state index in [1.165, 1.54) is 11.1 Å². The highest BCUT2D eigenvalue weighted by Gasteiger charge is 2.54. The third-order valence-corrected chi connectivity index (χ3v) is 3.70. The molecule has 2 heteroatoms. The average molecular weight is 222 g/mol. The van der Waals surface area contributed by atoms with Crippen LogP contribution in [0.5, 0.6) is 0 Å². The molecule has 0 bridgehead atoms. The molecule has 0 N–H and O–H groups in total. The van der Waals surface area contributed by atoms with Crippen LogP contribution in [0, 0.1) is 0 Å². The van der Waals surface area contributed by atoms with E-state index in [1.54, 1.807) is 0 Å². The molecule has 0 saturated carbocycles. The highest BCUT2D eigenvalue weighted by atomic mass is 16.6. The monoisotopic (exact) mass is 222 g/mol. The van der Waals surface area contributed by atoms with Gasteiger partial charge in [0.1, 0.15) is 0 Å². The van der Waals surface area contributed by atoms with Crippen molar-refractivity contribution in [3.8, 4) is 11.1 Å². The lowest BCUT2D eigenvalue weighted by Gasteiger charge is -2.38. The van der Waals surface area contributed by atoms with Crippen LogP contribution in [-0.4, -0.2) is 5.97 Å².